The topological polar surface area (TPSA) is 92.8 Å². The highest BCUT2D eigenvalue weighted by molar-refractivity contribution is 14.1. The fraction of sp³-hybridized carbons (Fsp3) is 0.0938. The minimum Gasteiger partial charge on any atom is -0.490 e. The molecule has 1 amide bonds. The third-order valence-electron chi connectivity index (χ3n) is 6.41. The summed E-state index contributed by atoms with van der Waals surface area (Å²) < 4.78 is 51.1. The van der Waals surface area contributed by atoms with Gasteiger partial charge in [0.15, 0.2) is 11.5 Å². The molecular weight excluding hydrogens is 710 g/mol. The van der Waals surface area contributed by atoms with Crippen LogP contribution in [0.15, 0.2) is 90.0 Å². The fourth-order valence-corrected chi connectivity index (χ4v) is 5.16. The van der Waals surface area contributed by atoms with Crippen molar-refractivity contribution >= 4 is 63.2 Å². The van der Waals surface area contributed by atoms with E-state index in [0.717, 1.165) is 32.7 Å². The molecule has 5 aromatic rings. The van der Waals surface area contributed by atoms with Crippen LogP contribution in [0, 0.1) is 3.57 Å². The van der Waals surface area contributed by atoms with E-state index in [1.165, 1.54) is 24.4 Å². The Labute approximate surface area is 268 Å². The molecule has 0 atom stereocenters. The Morgan fingerprint density at radius 1 is 1.00 bits per heavy atom. The molecule has 0 spiro atoms. The van der Waals surface area contributed by atoms with Crippen LogP contribution in [0.2, 0.25) is 5.02 Å². The standard InChI is InChI=1S/C32H22ClF3IN3O4/c1-2-43-27-14-18(10-13-26(27)44-31(42)19-6-5-7-20(15-19)32(34,35)36)17-38-40-30(41)29-28(22-8-3-4-9-24(22)33)23-16-21(37)11-12-25(23)39-29/h3-17,39H,2H2,1H3,(H,40,41). The maximum atomic E-state index is 13.3. The molecule has 0 aliphatic heterocycles. The van der Waals surface area contributed by atoms with Gasteiger partial charge in [-0.25, -0.2) is 10.2 Å². The Kier molecular flexibility index (Phi) is 9.25. The molecule has 5 rings (SSSR count). The third kappa shape index (κ3) is 6.89. The van der Waals surface area contributed by atoms with Gasteiger partial charge in [0.05, 0.1) is 23.9 Å². The average Bonchev–Trinajstić information content (AvgIpc) is 3.37. The van der Waals surface area contributed by atoms with Crippen molar-refractivity contribution in [1.82, 2.24) is 10.4 Å². The number of halogens is 5. The number of benzene rings is 4. The summed E-state index contributed by atoms with van der Waals surface area (Å²) >= 11 is 8.70. The number of nitrogens with zero attached hydrogens (tertiary/aromatic N) is 1. The first-order valence-corrected chi connectivity index (χ1v) is 14.6. The Morgan fingerprint density at radius 3 is 2.55 bits per heavy atom. The third-order valence-corrected chi connectivity index (χ3v) is 7.41. The number of carbonyl (C=O) groups is 2. The number of rotatable bonds is 8. The molecular formula is C32H22ClF3IN3O4. The van der Waals surface area contributed by atoms with Gasteiger partial charge in [-0.1, -0.05) is 35.9 Å². The lowest BCUT2D eigenvalue weighted by Crippen LogP contribution is -2.19. The van der Waals surface area contributed by atoms with E-state index in [-0.39, 0.29) is 29.4 Å². The Hall–Kier alpha value is -4.36. The molecule has 7 nitrogen and oxygen atoms in total. The van der Waals surface area contributed by atoms with E-state index >= 15 is 0 Å². The molecule has 1 heterocycles. The Balaban J connectivity index is 1.36. The quantitative estimate of drug-likeness (QED) is 0.0551. The minimum atomic E-state index is -4.60. The second kappa shape index (κ2) is 13.1. The van der Waals surface area contributed by atoms with Gasteiger partial charge in [-0.3, -0.25) is 4.79 Å². The van der Waals surface area contributed by atoms with Crippen LogP contribution in [-0.4, -0.2) is 29.7 Å². The van der Waals surface area contributed by atoms with Crippen molar-refractivity contribution in [2.45, 2.75) is 13.1 Å². The molecule has 0 bridgehead atoms. The minimum absolute atomic E-state index is 0.00698. The van der Waals surface area contributed by atoms with Crippen LogP contribution < -0.4 is 14.9 Å². The number of H-pyrrole nitrogens is 1. The van der Waals surface area contributed by atoms with Crippen molar-refractivity contribution in [3.8, 4) is 22.6 Å². The fourth-order valence-electron chi connectivity index (χ4n) is 4.44. The first kappa shape index (κ1) is 31.1. The zero-order valence-electron chi connectivity index (χ0n) is 22.8. The van der Waals surface area contributed by atoms with Gasteiger partial charge >= 0.3 is 12.1 Å². The molecule has 1 aromatic heterocycles. The van der Waals surface area contributed by atoms with Gasteiger partial charge in [-0.05, 0) is 95.7 Å². The van der Waals surface area contributed by atoms with Crippen molar-refractivity contribution in [2.24, 2.45) is 5.10 Å². The van der Waals surface area contributed by atoms with Crippen LogP contribution >= 0.6 is 34.2 Å². The predicted octanol–water partition coefficient (Wildman–Crippen LogP) is 8.49. The van der Waals surface area contributed by atoms with Crippen molar-refractivity contribution in [3.63, 3.8) is 0 Å². The van der Waals surface area contributed by atoms with Gasteiger partial charge in [0.1, 0.15) is 5.69 Å². The number of hydrazone groups is 1. The molecule has 0 radical (unpaired) electrons. The summed E-state index contributed by atoms with van der Waals surface area (Å²) in [7, 11) is 0. The Morgan fingerprint density at radius 2 is 1.80 bits per heavy atom. The van der Waals surface area contributed by atoms with E-state index in [1.807, 2.05) is 36.4 Å². The number of ether oxygens (including phenoxy) is 2. The lowest BCUT2D eigenvalue weighted by molar-refractivity contribution is -0.137. The van der Waals surface area contributed by atoms with Gasteiger partial charge in [-0.15, -0.1) is 0 Å². The van der Waals surface area contributed by atoms with E-state index in [2.05, 4.69) is 38.1 Å². The molecule has 44 heavy (non-hydrogen) atoms. The second-order valence-electron chi connectivity index (χ2n) is 9.35. The normalized spacial score (nSPS) is 11.6. The molecule has 0 unspecified atom stereocenters. The lowest BCUT2D eigenvalue weighted by Gasteiger charge is -2.12. The monoisotopic (exact) mass is 731 g/mol. The largest absolute Gasteiger partial charge is 0.490 e. The van der Waals surface area contributed by atoms with E-state index in [1.54, 1.807) is 19.1 Å². The predicted molar refractivity (Wildman–Crippen MR) is 171 cm³/mol. The molecule has 0 saturated heterocycles. The highest BCUT2D eigenvalue weighted by Gasteiger charge is 2.31. The maximum absolute atomic E-state index is 13.3. The van der Waals surface area contributed by atoms with E-state index in [4.69, 9.17) is 21.1 Å². The number of aromatic nitrogens is 1. The van der Waals surface area contributed by atoms with Crippen molar-refractivity contribution < 1.29 is 32.2 Å². The molecule has 4 aromatic carbocycles. The molecule has 0 fully saturated rings. The molecule has 224 valence electrons. The first-order chi connectivity index (χ1) is 21.0. The number of esters is 1. The Bertz CT molecular complexity index is 1910. The summed E-state index contributed by atoms with van der Waals surface area (Å²) in [5.41, 5.74) is 4.15. The molecule has 0 aliphatic carbocycles. The highest BCUT2D eigenvalue weighted by atomic mass is 127. The molecule has 0 saturated carbocycles. The van der Waals surface area contributed by atoms with E-state index in [0.29, 0.717) is 21.7 Å². The van der Waals surface area contributed by atoms with Crippen LogP contribution in [0.1, 0.15) is 38.9 Å². The number of hydrogen-bond donors (Lipinski definition) is 2. The number of carbonyl (C=O) groups excluding carboxylic acids is 2. The number of hydrogen-bond acceptors (Lipinski definition) is 5. The number of amides is 1. The van der Waals surface area contributed by atoms with Crippen LogP contribution in [0.25, 0.3) is 22.0 Å². The van der Waals surface area contributed by atoms with Gasteiger partial charge in [0.25, 0.3) is 5.91 Å². The number of fused-ring (bicyclic) bond motifs is 1. The number of aromatic amines is 1. The zero-order valence-corrected chi connectivity index (χ0v) is 25.8. The van der Waals surface area contributed by atoms with Gasteiger partial charge < -0.3 is 14.5 Å². The summed E-state index contributed by atoms with van der Waals surface area (Å²) in [5, 5.41) is 5.40. The highest BCUT2D eigenvalue weighted by Crippen LogP contribution is 2.37. The smallest absolute Gasteiger partial charge is 0.416 e. The van der Waals surface area contributed by atoms with Crippen LogP contribution in [-0.2, 0) is 6.18 Å². The van der Waals surface area contributed by atoms with E-state index < -0.39 is 23.6 Å². The number of nitrogens with one attached hydrogen (secondary N) is 2. The zero-order chi connectivity index (χ0) is 31.4. The first-order valence-electron chi connectivity index (χ1n) is 13.1. The summed E-state index contributed by atoms with van der Waals surface area (Å²) in [6.07, 6.45) is -3.23. The maximum Gasteiger partial charge on any atom is 0.416 e. The van der Waals surface area contributed by atoms with Crippen LogP contribution in [0.4, 0.5) is 13.2 Å². The summed E-state index contributed by atoms with van der Waals surface area (Å²) in [4.78, 5) is 29.1. The summed E-state index contributed by atoms with van der Waals surface area (Å²) in [6.45, 7) is 1.94. The van der Waals surface area contributed by atoms with Crippen LogP contribution in [0.5, 0.6) is 11.5 Å². The summed E-state index contributed by atoms with van der Waals surface area (Å²) in [6, 6.07) is 21.4. The SMILES string of the molecule is CCOc1cc(C=NNC(=O)c2[nH]c3ccc(I)cc3c2-c2ccccc2Cl)ccc1OC(=O)c1cccc(C(F)(F)F)c1. The second-order valence-corrected chi connectivity index (χ2v) is 11.0. The van der Waals surface area contributed by atoms with Gasteiger partial charge in [0, 0.05) is 30.6 Å². The molecule has 0 aliphatic rings. The summed E-state index contributed by atoms with van der Waals surface area (Å²) in [5.74, 6) is -1.31. The van der Waals surface area contributed by atoms with Gasteiger partial charge in [0.2, 0.25) is 0 Å². The molecule has 12 heteroatoms. The number of alkyl halides is 3. The van der Waals surface area contributed by atoms with Crippen LogP contribution in [0.3, 0.4) is 0 Å². The lowest BCUT2D eigenvalue weighted by atomic mass is 10.0. The molecule has 2 N–H and O–H groups in total. The van der Waals surface area contributed by atoms with Crippen molar-refractivity contribution in [3.05, 3.63) is 116 Å². The van der Waals surface area contributed by atoms with Crippen molar-refractivity contribution in [1.29, 1.82) is 0 Å². The average molecular weight is 732 g/mol. The van der Waals surface area contributed by atoms with E-state index in [9.17, 15) is 22.8 Å². The van der Waals surface area contributed by atoms with Crippen molar-refractivity contribution in [2.75, 3.05) is 6.61 Å². The van der Waals surface area contributed by atoms with Gasteiger partial charge in [-0.2, -0.15) is 18.3 Å².